The van der Waals surface area contributed by atoms with Gasteiger partial charge in [0.25, 0.3) is 0 Å². The average Bonchev–Trinajstić information content (AvgIpc) is 2.97. The summed E-state index contributed by atoms with van der Waals surface area (Å²) in [5.74, 6) is 0. The number of aliphatic hydroxyl groups is 1. The molecule has 1 aromatic heterocycles. The molecule has 0 unspecified atom stereocenters. The molecule has 0 aliphatic rings. The number of aliphatic hydroxyl groups excluding tert-OH is 1. The van der Waals surface area contributed by atoms with Crippen LogP contribution in [0.3, 0.4) is 0 Å². The van der Waals surface area contributed by atoms with E-state index in [1.165, 1.54) is 15.6 Å². The summed E-state index contributed by atoms with van der Waals surface area (Å²) in [6, 6.07) is 1.56. The van der Waals surface area contributed by atoms with Crippen LogP contribution in [0.4, 0.5) is 0 Å². The average molecular weight is 335 g/mol. The van der Waals surface area contributed by atoms with Gasteiger partial charge in [-0.25, -0.2) is 8.42 Å². The van der Waals surface area contributed by atoms with Gasteiger partial charge < -0.3 is 10.0 Å². The molecular weight excluding hydrogens is 308 g/mol. The zero-order chi connectivity index (χ0) is 15.9. The number of sulfonamides is 1. The highest BCUT2D eigenvalue weighted by atomic mass is 32.2. The lowest BCUT2D eigenvalue weighted by Crippen LogP contribution is -2.34. The van der Waals surface area contributed by atoms with E-state index in [-0.39, 0.29) is 6.61 Å². The first-order valence-corrected chi connectivity index (χ1v) is 9.72. The Morgan fingerprint density at radius 1 is 1.14 bits per heavy atom. The van der Waals surface area contributed by atoms with Gasteiger partial charge in [-0.1, -0.05) is 20.8 Å². The summed E-state index contributed by atoms with van der Waals surface area (Å²) in [5.41, 5.74) is 0. The van der Waals surface area contributed by atoms with E-state index in [1.54, 1.807) is 11.4 Å². The predicted molar refractivity (Wildman–Crippen MR) is 87.1 cm³/mol. The van der Waals surface area contributed by atoms with Crippen LogP contribution in [0.5, 0.6) is 0 Å². The maximum Gasteiger partial charge on any atom is 0.243 e. The van der Waals surface area contributed by atoms with Crippen molar-refractivity contribution in [2.45, 2.75) is 38.7 Å². The number of hydrogen-bond acceptors (Lipinski definition) is 5. The zero-order valence-corrected chi connectivity index (χ0v) is 14.7. The van der Waals surface area contributed by atoms with Crippen LogP contribution in [0.25, 0.3) is 0 Å². The maximum absolute atomic E-state index is 12.5. The molecule has 122 valence electrons. The fraction of sp³-hybridized carbons (Fsp3) is 0.714. The Morgan fingerprint density at radius 2 is 1.81 bits per heavy atom. The molecule has 0 fully saturated rings. The molecule has 7 heteroatoms. The summed E-state index contributed by atoms with van der Waals surface area (Å²) >= 11 is 1.28. The van der Waals surface area contributed by atoms with E-state index in [1.807, 2.05) is 6.92 Å². The van der Waals surface area contributed by atoms with Gasteiger partial charge in [0, 0.05) is 23.3 Å². The molecule has 0 aliphatic carbocycles. The first-order chi connectivity index (χ1) is 9.99. The molecular formula is C14H26N2O3S2. The molecule has 21 heavy (non-hydrogen) atoms. The van der Waals surface area contributed by atoms with E-state index in [4.69, 9.17) is 5.11 Å². The fourth-order valence-electron chi connectivity index (χ4n) is 2.19. The summed E-state index contributed by atoms with van der Waals surface area (Å²) in [5, 5.41) is 10.7. The van der Waals surface area contributed by atoms with Crippen LogP contribution in [-0.2, 0) is 16.6 Å². The van der Waals surface area contributed by atoms with Crippen molar-refractivity contribution in [1.29, 1.82) is 0 Å². The second kappa shape index (κ2) is 8.85. The van der Waals surface area contributed by atoms with Crippen molar-refractivity contribution in [3.8, 4) is 0 Å². The smallest absolute Gasteiger partial charge is 0.243 e. The van der Waals surface area contributed by atoms with Gasteiger partial charge in [0.05, 0.1) is 11.5 Å². The molecule has 5 nitrogen and oxygen atoms in total. The predicted octanol–water partition coefficient (Wildman–Crippen LogP) is 1.98. The summed E-state index contributed by atoms with van der Waals surface area (Å²) in [6.45, 7) is 9.83. The second-order valence-electron chi connectivity index (χ2n) is 4.78. The Labute approximate surface area is 132 Å². The minimum Gasteiger partial charge on any atom is -0.391 e. The molecule has 0 aliphatic heterocycles. The normalized spacial score (nSPS) is 12.5. The van der Waals surface area contributed by atoms with Gasteiger partial charge in [0.2, 0.25) is 10.0 Å². The summed E-state index contributed by atoms with van der Waals surface area (Å²) in [6.07, 6.45) is 0.825. The molecule has 1 rings (SSSR count). The van der Waals surface area contributed by atoms with Crippen LogP contribution in [-0.4, -0.2) is 55.5 Å². The molecule has 0 saturated heterocycles. The Morgan fingerprint density at radius 3 is 2.29 bits per heavy atom. The monoisotopic (exact) mass is 334 g/mol. The number of rotatable bonds is 10. The van der Waals surface area contributed by atoms with Gasteiger partial charge >= 0.3 is 0 Å². The van der Waals surface area contributed by atoms with Crippen molar-refractivity contribution in [2.75, 3.05) is 32.7 Å². The molecule has 0 spiro atoms. The quantitative estimate of drug-likeness (QED) is 0.711. The largest absolute Gasteiger partial charge is 0.391 e. The lowest BCUT2D eigenvalue weighted by atomic mass is 10.3. The third-order valence-electron chi connectivity index (χ3n) is 3.55. The van der Waals surface area contributed by atoms with Crippen LogP contribution >= 0.6 is 11.3 Å². The molecule has 0 amide bonds. The molecule has 0 radical (unpaired) electrons. The molecule has 0 saturated carbocycles. The number of hydrogen-bond donors (Lipinski definition) is 1. The van der Waals surface area contributed by atoms with Crippen LogP contribution in [0.15, 0.2) is 16.3 Å². The van der Waals surface area contributed by atoms with Gasteiger partial charge in [-0.2, -0.15) is 4.31 Å². The van der Waals surface area contributed by atoms with Crippen LogP contribution in [0.2, 0.25) is 0 Å². The molecule has 0 atom stereocenters. The van der Waals surface area contributed by atoms with E-state index >= 15 is 0 Å². The van der Waals surface area contributed by atoms with Gasteiger partial charge in [-0.3, -0.25) is 0 Å². The first kappa shape index (κ1) is 18.6. The summed E-state index contributed by atoms with van der Waals surface area (Å²) < 4.78 is 26.6. The fourth-order valence-corrected chi connectivity index (χ4v) is 4.80. The second-order valence-corrected chi connectivity index (χ2v) is 7.72. The van der Waals surface area contributed by atoms with Crippen molar-refractivity contribution >= 4 is 21.4 Å². The van der Waals surface area contributed by atoms with Crippen LogP contribution in [0.1, 0.15) is 32.1 Å². The molecule has 1 N–H and O–H groups in total. The van der Waals surface area contributed by atoms with E-state index in [9.17, 15) is 8.42 Å². The van der Waals surface area contributed by atoms with Crippen LogP contribution < -0.4 is 0 Å². The molecule has 0 aromatic carbocycles. The van der Waals surface area contributed by atoms with E-state index < -0.39 is 10.0 Å². The Bertz CT molecular complexity index is 510. The van der Waals surface area contributed by atoms with Gasteiger partial charge in [0.1, 0.15) is 0 Å². The first-order valence-electron chi connectivity index (χ1n) is 7.40. The highest BCUT2D eigenvalue weighted by Crippen LogP contribution is 2.22. The van der Waals surface area contributed by atoms with Crippen molar-refractivity contribution in [2.24, 2.45) is 0 Å². The van der Waals surface area contributed by atoms with Crippen molar-refractivity contribution < 1.29 is 13.5 Å². The van der Waals surface area contributed by atoms with Gasteiger partial charge in [0.15, 0.2) is 0 Å². The summed E-state index contributed by atoms with van der Waals surface area (Å²) in [7, 11) is -3.44. The third-order valence-corrected chi connectivity index (χ3v) is 6.58. The van der Waals surface area contributed by atoms with Crippen LogP contribution in [0, 0.1) is 0 Å². The van der Waals surface area contributed by atoms with Crippen molar-refractivity contribution in [3.05, 3.63) is 16.3 Å². The Hall–Kier alpha value is -0.470. The Kier molecular flexibility index (Phi) is 7.83. The molecule has 0 bridgehead atoms. The Balaban J connectivity index is 2.69. The number of thiophene rings is 1. The maximum atomic E-state index is 12.5. The van der Waals surface area contributed by atoms with Gasteiger partial charge in [-0.05, 0) is 32.1 Å². The molecule has 1 aromatic rings. The standard InChI is InChI=1S/C14H26N2O3S2/c1-4-15(5-2)8-7-9-16(6-3)21(18,19)14-10-13(11-17)20-12-14/h10,12,17H,4-9,11H2,1-3H3. The lowest BCUT2D eigenvalue weighted by molar-refractivity contribution is 0.284. The van der Waals surface area contributed by atoms with Crippen molar-refractivity contribution in [3.63, 3.8) is 0 Å². The third kappa shape index (κ3) is 5.03. The SMILES string of the molecule is CCN(CC)CCCN(CC)S(=O)(=O)c1csc(CO)c1. The highest BCUT2D eigenvalue weighted by molar-refractivity contribution is 7.89. The minimum absolute atomic E-state index is 0.117. The topological polar surface area (TPSA) is 60.9 Å². The van der Waals surface area contributed by atoms with E-state index in [0.717, 1.165) is 26.1 Å². The van der Waals surface area contributed by atoms with Crippen molar-refractivity contribution in [1.82, 2.24) is 9.21 Å². The van der Waals surface area contributed by atoms with E-state index in [0.29, 0.717) is 22.9 Å². The lowest BCUT2D eigenvalue weighted by Gasteiger charge is -2.22. The van der Waals surface area contributed by atoms with E-state index in [2.05, 4.69) is 18.7 Å². The number of nitrogens with zero attached hydrogens (tertiary/aromatic N) is 2. The summed E-state index contributed by atoms with van der Waals surface area (Å²) in [4.78, 5) is 3.25. The zero-order valence-electron chi connectivity index (χ0n) is 13.1. The molecule has 1 heterocycles. The minimum atomic E-state index is -3.44. The van der Waals surface area contributed by atoms with Gasteiger partial charge in [-0.15, -0.1) is 11.3 Å². The highest BCUT2D eigenvalue weighted by Gasteiger charge is 2.24.